The quantitative estimate of drug-likeness (QED) is 0.523. The van der Waals surface area contributed by atoms with Gasteiger partial charge in [0.25, 0.3) is 0 Å². The van der Waals surface area contributed by atoms with E-state index in [1.165, 1.54) is 23.5 Å². The van der Waals surface area contributed by atoms with Gasteiger partial charge in [-0.1, -0.05) is 6.92 Å². The van der Waals surface area contributed by atoms with Crippen molar-refractivity contribution in [3.8, 4) is 17.0 Å². The molecular formula is C23H26FN3O2S. The number of carbonyl (C=O) groups excluding carboxylic acids is 1. The molecule has 0 aliphatic carbocycles. The summed E-state index contributed by atoms with van der Waals surface area (Å²) in [4.78, 5) is 19.7. The predicted octanol–water partition coefficient (Wildman–Crippen LogP) is 5.40. The Balaban J connectivity index is 2.02. The topological polar surface area (TPSA) is 54.5 Å². The second kappa shape index (κ2) is 9.71. The molecule has 0 saturated carbocycles. The molecule has 0 bridgehead atoms. The van der Waals surface area contributed by atoms with Gasteiger partial charge < -0.3 is 15.0 Å². The first-order valence-electron chi connectivity index (χ1n) is 9.88. The number of nitrogens with zero attached hydrogens (tertiary/aromatic N) is 2. The minimum absolute atomic E-state index is 0.0374. The number of methoxy groups -OCH3 is 1. The molecule has 1 N–H and O–H groups in total. The lowest BCUT2D eigenvalue weighted by Crippen LogP contribution is -2.46. The van der Waals surface area contributed by atoms with E-state index in [1.54, 1.807) is 19.2 Å². The van der Waals surface area contributed by atoms with E-state index in [1.807, 2.05) is 55.3 Å². The number of carbonyl (C=O) groups is 1. The van der Waals surface area contributed by atoms with Gasteiger partial charge in [0, 0.05) is 22.7 Å². The number of hydrogen-bond acceptors (Lipinski definition) is 5. The highest BCUT2D eigenvalue weighted by Crippen LogP contribution is 2.35. The number of aromatic nitrogens is 1. The third kappa shape index (κ3) is 4.97. The van der Waals surface area contributed by atoms with Gasteiger partial charge in [-0.25, -0.2) is 9.37 Å². The van der Waals surface area contributed by atoms with E-state index < -0.39 is 6.04 Å². The van der Waals surface area contributed by atoms with Crippen LogP contribution in [0.1, 0.15) is 27.2 Å². The highest BCUT2D eigenvalue weighted by molar-refractivity contribution is 7.14. The van der Waals surface area contributed by atoms with Crippen molar-refractivity contribution >= 4 is 28.1 Å². The summed E-state index contributed by atoms with van der Waals surface area (Å²) in [6.45, 7) is 5.87. The van der Waals surface area contributed by atoms with Crippen molar-refractivity contribution in [3.63, 3.8) is 0 Å². The van der Waals surface area contributed by atoms with Gasteiger partial charge in [0.2, 0.25) is 5.91 Å². The summed E-state index contributed by atoms with van der Waals surface area (Å²) < 4.78 is 18.6. The summed E-state index contributed by atoms with van der Waals surface area (Å²) >= 11 is 1.45. The SMILES string of the molecule is CC[C@H](C(=O)NC(C)C)N(c1ccc(OC)cc1)c1nc(-c2ccc(F)cc2)cs1. The Hall–Kier alpha value is -2.93. The summed E-state index contributed by atoms with van der Waals surface area (Å²) in [5.74, 6) is 0.400. The number of thiazole rings is 1. The summed E-state index contributed by atoms with van der Waals surface area (Å²) in [5, 5.41) is 5.63. The standard InChI is InChI=1S/C23H26FN3O2S/c1-5-21(22(28)25-15(2)3)27(18-10-12-19(29-4)13-11-18)23-26-20(14-30-23)16-6-8-17(24)9-7-16/h6-15,21H,5H2,1-4H3,(H,25,28)/t21-/m1/s1. The fourth-order valence-electron chi connectivity index (χ4n) is 3.16. The van der Waals surface area contributed by atoms with E-state index in [0.717, 1.165) is 22.7 Å². The van der Waals surface area contributed by atoms with E-state index in [0.29, 0.717) is 11.6 Å². The molecule has 3 aromatic rings. The monoisotopic (exact) mass is 427 g/mol. The molecule has 0 unspecified atom stereocenters. The zero-order chi connectivity index (χ0) is 21.7. The number of halogens is 1. The fraction of sp³-hybridized carbons (Fsp3) is 0.304. The zero-order valence-corrected chi connectivity index (χ0v) is 18.4. The molecule has 1 aromatic heterocycles. The van der Waals surface area contributed by atoms with Gasteiger partial charge in [0.1, 0.15) is 17.6 Å². The number of amides is 1. The molecule has 158 valence electrons. The van der Waals surface area contributed by atoms with Crippen LogP contribution in [0.15, 0.2) is 53.9 Å². The van der Waals surface area contributed by atoms with Crippen LogP contribution in [0.2, 0.25) is 0 Å². The highest BCUT2D eigenvalue weighted by Gasteiger charge is 2.28. The summed E-state index contributed by atoms with van der Waals surface area (Å²) in [7, 11) is 1.62. The molecule has 1 heterocycles. The lowest BCUT2D eigenvalue weighted by Gasteiger charge is -2.30. The summed E-state index contributed by atoms with van der Waals surface area (Å²) in [6.07, 6.45) is 0.607. The van der Waals surface area contributed by atoms with E-state index in [-0.39, 0.29) is 17.8 Å². The Labute approximate surface area is 180 Å². The average molecular weight is 428 g/mol. The van der Waals surface area contributed by atoms with Gasteiger partial charge >= 0.3 is 0 Å². The van der Waals surface area contributed by atoms with Crippen LogP contribution in [0.25, 0.3) is 11.3 Å². The van der Waals surface area contributed by atoms with Crippen LogP contribution >= 0.6 is 11.3 Å². The molecule has 1 atom stereocenters. The van der Waals surface area contributed by atoms with Crippen molar-refractivity contribution < 1.29 is 13.9 Å². The van der Waals surface area contributed by atoms with Gasteiger partial charge in [0.15, 0.2) is 5.13 Å². The first-order chi connectivity index (χ1) is 14.4. The van der Waals surface area contributed by atoms with Crippen LogP contribution in [0.5, 0.6) is 5.75 Å². The van der Waals surface area contributed by atoms with Gasteiger partial charge in [-0.05, 0) is 68.8 Å². The molecule has 3 rings (SSSR count). The molecule has 0 radical (unpaired) electrons. The molecular weight excluding hydrogens is 401 g/mol. The number of ether oxygens (including phenoxy) is 1. The number of hydrogen-bond donors (Lipinski definition) is 1. The normalized spacial score (nSPS) is 11.9. The van der Waals surface area contributed by atoms with Crippen LogP contribution < -0.4 is 15.0 Å². The van der Waals surface area contributed by atoms with Gasteiger partial charge in [0.05, 0.1) is 12.8 Å². The van der Waals surface area contributed by atoms with E-state index in [2.05, 4.69) is 5.32 Å². The largest absolute Gasteiger partial charge is 0.497 e. The third-order valence-electron chi connectivity index (χ3n) is 4.62. The van der Waals surface area contributed by atoms with Crippen LogP contribution in [0, 0.1) is 5.82 Å². The minimum atomic E-state index is -0.423. The van der Waals surface area contributed by atoms with Gasteiger partial charge in [-0.2, -0.15) is 0 Å². The van der Waals surface area contributed by atoms with Crippen LogP contribution in [0.4, 0.5) is 15.2 Å². The summed E-state index contributed by atoms with van der Waals surface area (Å²) in [5.41, 5.74) is 2.42. The van der Waals surface area contributed by atoms with Crippen molar-refractivity contribution in [3.05, 3.63) is 59.7 Å². The van der Waals surface area contributed by atoms with Crippen LogP contribution in [0.3, 0.4) is 0 Å². The van der Waals surface area contributed by atoms with E-state index in [4.69, 9.17) is 9.72 Å². The van der Waals surface area contributed by atoms with Crippen molar-refractivity contribution in [2.45, 2.75) is 39.3 Å². The maximum Gasteiger partial charge on any atom is 0.243 e. The predicted molar refractivity (Wildman–Crippen MR) is 120 cm³/mol. The molecule has 1 amide bonds. The number of benzene rings is 2. The molecule has 5 nitrogen and oxygen atoms in total. The Morgan fingerprint density at radius 3 is 2.40 bits per heavy atom. The Morgan fingerprint density at radius 1 is 1.17 bits per heavy atom. The second-order valence-electron chi connectivity index (χ2n) is 7.18. The summed E-state index contributed by atoms with van der Waals surface area (Å²) in [6, 6.07) is 13.4. The zero-order valence-electron chi connectivity index (χ0n) is 17.6. The lowest BCUT2D eigenvalue weighted by molar-refractivity contribution is -0.122. The molecule has 0 spiro atoms. The van der Waals surface area contributed by atoms with Gasteiger partial charge in [-0.3, -0.25) is 4.79 Å². The number of rotatable bonds is 8. The average Bonchev–Trinajstić information content (AvgIpc) is 3.21. The molecule has 2 aromatic carbocycles. The molecule has 0 aliphatic heterocycles. The lowest BCUT2D eigenvalue weighted by atomic mass is 10.1. The molecule has 30 heavy (non-hydrogen) atoms. The van der Waals surface area contributed by atoms with E-state index in [9.17, 15) is 9.18 Å². The number of nitrogens with one attached hydrogen (secondary N) is 1. The second-order valence-corrected chi connectivity index (χ2v) is 8.01. The van der Waals surface area contributed by atoms with Crippen molar-refractivity contribution in [2.75, 3.05) is 12.0 Å². The van der Waals surface area contributed by atoms with Crippen molar-refractivity contribution in [1.29, 1.82) is 0 Å². The van der Waals surface area contributed by atoms with Gasteiger partial charge in [-0.15, -0.1) is 11.3 Å². The fourth-order valence-corrected chi connectivity index (χ4v) is 4.06. The molecule has 7 heteroatoms. The molecule has 0 aliphatic rings. The van der Waals surface area contributed by atoms with E-state index >= 15 is 0 Å². The van der Waals surface area contributed by atoms with Crippen LogP contribution in [-0.4, -0.2) is 30.1 Å². The molecule has 0 fully saturated rings. The van der Waals surface area contributed by atoms with Crippen molar-refractivity contribution in [2.24, 2.45) is 0 Å². The molecule has 0 saturated heterocycles. The third-order valence-corrected chi connectivity index (χ3v) is 5.46. The Kier molecular flexibility index (Phi) is 7.05. The highest BCUT2D eigenvalue weighted by atomic mass is 32.1. The maximum atomic E-state index is 13.3. The number of anilines is 2. The Morgan fingerprint density at radius 2 is 1.83 bits per heavy atom. The first kappa shape index (κ1) is 21.8. The maximum absolute atomic E-state index is 13.3. The van der Waals surface area contributed by atoms with Crippen molar-refractivity contribution in [1.82, 2.24) is 10.3 Å². The smallest absolute Gasteiger partial charge is 0.243 e. The van der Waals surface area contributed by atoms with Crippen LogP contribution in [-0.2, 0) is 4.79 Å². The Bertz CT molecular complexity index is 971. The first-order valence-corrected chi connectivity index (χ1v) is 10.8. The minimum Gasteiger partial charge on any atom is -0.497 e.